The van der Waals surface area contributed by atoms with E-state index >= 15 is 0 Å². The highest BCUT2D eigenvalue weighted by Crippen LogP contribution is 2.37. The number of carbonyl (C=O) groups excluding carboxylic acids is 1. The van der Waals surface area contributed by atoms with Crippen LogP contribution in [0.4, 0.5) is 13.2 Å². The van der Waals surface area contributed by atoms with Crippen molar-refractivity contribution >= 4 is 17.5 Å². The predicted molar refractivity (Wildman–Crippen MR) is 55.3 cm³/mol. The third-order valence-electron chi connectivity index (χ3n) is 2.88. The molecule has 0 saturated heterocycles. The van der Waals surface area contributed by atoms with E-state index in [0.717, 1.165) is 0 Å². The van der Waals surface area contributed by atoms with Crippen LogP contribution in [0.5, 0.6) is 0 Å². The highest BCUT2D eigenvalue weighted by atomic mass is 35.5. The molecule has 1 aliphatic rings. The number of alkyl halides is 4. The summed E-state index contributed by atoms with van der Waals surface area (Å²) in [5, 5.41) is 2.70. The van der Waals surface area contributed by atoms with Gasteiger partial charge in [0.1, 0.15) is 0 Å². The van der Waals surface area contributed by atoms with E-state index in [9.17, 15) is 18.0 Å². The Morgan fingerprint density at radius 2 is 1.81 bits per heavy atom. The smallest absolute Gasteiger partial charge is 0.353 e. The molecule has 0 heterocycles. The maximum absolute atomic E-state index is 12.3. The Morgan fingerprint density at radius 1 is 1.25 bits per heavy atom. The molecule has 0 aromatic rings. The molecule has 0 aliphatic heterocycles. The van der Waals surface area contributed by atoms with E-state index < -0.39 is 12.1 Å². The van der Waals surface area contributed by atoms with E-state index in [1.165, 1.54) is 0 Å². The van der Waals surface area contributed by atoms with Crippen LogP contribution in [0.1, 0.15) is 32.1 Å². The van der Waals surface area contributed by atoms with Gasteiger partial charge in [0.2, 0.25) is 5.91 Å². The van der Waals surface area contributed by atoms with Crippen molar-refractivity contribution in [3.05, 3.63) is 0 Å². The zero-order chi connectivity index (χ0) is 12.2. The number of carbonyl (C=O) groups is 1. The zero-order valence-corrected chi connectivity index (χ0v) is 9.57. The van der Waals surface area contributed by atoms with Gasteiger partial charge in [0.25, 0.3) is 0 Å². The van der Waals surface area contributed by atoms with Crippen molar-refractivity contribution in [2.45, 2.75) is 44.3 Å². The molecule has 1 amide bonds. The Bertz CT molecular complexity index is 237. The fourth-order valence-corrected chi connectivity index (χ4v) is 2.12. The van der Waals surface area contributed by atoms with Crippen molar-refractivity contribution < 1.29 is 18.0 Å². The van der Waals surface area contributed by atoms with Gasteiger partial charge in [-0.2, -0.15) is 13.2 Å². The Hall–Kier alpha value is -0.450. The summed E-state index contributed by atoms with van der Waals surface area (Å²) in [7, 11) is 0. The quantitative estimate of drug-likeness (QED) is 0.774. The molecule has 1 aliphatic carbocycles. The van der Waals surface area contributed by atoms with Gasteiger partial charge in [0.05, 0.1) is 5.92 Å². The number of rotatable bonds is 3. The first-order valence-corrected chi connectivity index (χ1v) is 5.89. The van der Waals surface area contributed by atoms with Crippen LogP contribution in [0, 0.1) is 5.92 Å². The molecule has 16 heavy (non-hydrogen) atoms. The van der Waals surface area contributed by atoms with Gasteiger partial charge in [-0.25, -0.2) is 0 Å². The predicted octanol–water partition coefficient (Wildman–Crippen LogP) is 2.85. The summed E-state index contributed by atoms with van der Waals surface area (Å²) >= 11 is 5.39. The van der Waals surface area contributed by atoms with Crippen molar-refractivity contribution in [2.24, 2.45) is 5.92 Å². The van der Waals surface area contributed by atoms with Crippen molar-refractivity contribution in [3.8, 4) is 0 Å². The van der Waals surface area contributed by atoms with Crippen molar-refractivity contribution in [3.63, 3.8) is 0 Å². The second kappa shape index (κ2) is 5.75. The lowest BCUT2D eigenvalue weighted by Crippen LogP contribution is -2.40. The molecule has 0 spiro atoms. The fraction of sp³-hybridized carbons (Fsp3) is 0.900. The molecule has 1 N–H and O–H groups in total. The first-order valence-electron chi connectivity index (χ1n) is 5.35. The monoisotopic (exact) mass is 257 g/mol. The number of amides is 1. The minimum absolute atomic E-state index is 0.106. The summed E-state index contributed by atoms with van der Waals surface area (Å²) in [4.78, 5) is 11.2. The number of nitrogens with one attached hydrogen (secondary N) is 1. The number of hydrogen-bond acceptors (Lipinski definition) is 1. The van der Waals surface area contributed by atoms with Crippen LogP contribution in [-0.4, -0.2) is 24.0 Å². The first kappa shape index (κ1) is 13.6. The first-order chi connectivity index (χ1) is 7.43. The zero-order valence-electron chi connectivity index (χ0n) is 8.82. The summed E-state index contributed by atoms with van der Waals surface area (Å²) in [6.45, 7) is 0. The molecule has 0 bridgehead atoms. The molecule has 1 rings (SSSR count). The van der Waals surface area contributed by atoms with Crippen LogP contribution >= 0.6 is 11.6 Å². The van der Waals surface area contributed by atoms with Gasteiger partial charge in [-0.15, -0.1) is 11.6 Å². The Kier molecular flexibility index (Phi) is 4.89. The van der Waals surface area contributed by atoms with Gasteiger partial charge in [0.15, 0.2) is 0 Å². The second-order valence-corrected chi connectivity index (χ2v) is 4.47. The van der Waals surface area contributed by atoms with Crippen LogP contribution in [0.25, 0.3) is 0 Å². The summed E-state index contributed by atoms with van der Waals surface area (Å²) in [5.41, 5.74) is 0. The normalized spacial score (nSPS) is 26.5. The van der Waals surface area contributed by atoms with Crippen LogP contribution in [0.15, 0.2) is 0 Å². The molecule has 0 aromatic heterocycles. The second-order valence-electron chi connectivity index (χ2n) is 4.10. The lowest BCUT2D eigenvalue weighted by molar-refractivity contribution is -0.182. The van der Waals surface area contributed by atoms with E-state index in [4.69, 9.17) is 11.6 Å². The van der Waals surface area contributed by atoms with Crippen LogP contribution in [0.3, 0.4) is 0 Å². The average Bonchev–Trinajstić information content (AvgIpc) is 2.17. The van der Waals surface area contributed by atoms with Gasteiger partial charge in [-0.1, -0.05) is 0 Å². The minimum atomic E-state index is -4.09. The van der Waals surface area contributed by atoms with Gasteiger partial charge in [-0.3, -0.25) is 4.79 Å². The minimum Gasteiger partial charge on any atom is -0.353 e. The van der Waals surface area contributed by atoms with E-state index in [0.29, 0.717) is 12.8 Å². The van der Waals surface area contributed by atoms with Gasteiger partial charge < -0.3 is 5.32 Å². The van der Waals surface area contributed by atoms with E-state index in [-0.39, 0.29) is 37.1 Å². The van der Waals surface area contributed by atoms with Gasteiger partial charge in [0, 0.05) is 18.3 Å². The van der Waals surface area contributed by atoms with E-state index in [2.05, 4.69) is 5.32 Å². The molecule has 6 heteroatoms. The molecule has 0 aromatic carbocycles. The number of hydrogen-bond donors (Lipinski definition) is 1. The lowest BCUT2D eigenvalue weighted by atomic mass is 9.85. The van der Waals surface area contributed by atoms with E-state index in [1.54, 1.807) is 0 Å². The average molecular weight is 258 g/mol. The third-order valence-corrected chi connectivity index (χ3v) is 3.07. The Labute approximate surface area is 97.5 Å². The summed E-state index contributed by atoms with van der Waals surface area (Å²) in [6.07, 6.45) is -2.85. The molecule has 1 fully saturated rings. The topological polar surface area (TPSA) is 29.1 Å². The molecule has 1 saturated carbocycles. The lowest BCUT2D eigenvalue weighted by Gasteiger charge is -2.30. The van der Waals surface area contributed by atoms with Crippen LogP contribution in [0.2, 0.25) is 0 Å². The maximum atomic E-state index is 12.3. The van der Waals surface area contributed by atoms with E-state index in [1.807, 2.05) is 0 Å². The van der Waals surface area contributed by atoms with Gasteiger partial charge in [-0.05, 0) is 25.7 Å². The van der Waals surface area contributed by atoms with Gasteiger partial charge >= 0.3 is 6.18 Å². The molecule has 94 valence electrons. The molecule has 0 radical (unpaired) electrons. The molecular weight excluding hydrogens is 243 g/mol. The SMILES string of the molecule is O=C(CCCl)NC1CCC(C(F)(F)F)CC1. The maximum Gasteiger partial charge on any atom is 0.391 e. The highest BCUT2D eigenvalue weighted by molar-refractivity contribution is 6.18. The van der Waals surface area contributed by atoms with Crippen LogP contribution < -0.4 is 5.32 Å². The molecule has 2 nitrogen and oxygen atoms in total. The fourth-order valence-electron chi connectivity index (χ4n) is 1.95. The Morgan fingerprint density at radius 3 is 2.25 bits per heavy atom. The largest absolute Gasteiger partial charge is 0.391 e. The van der Waals surface area contributed by atoms with Crippen LogP contribution in [-0.2, 0) is 4.79 Å². The van der Waals surface area contributed by atoms with Crippen molar-refractivity contribution in [1.82, 2.24) is 5.32 Å². The molecule has 0 unspecified atom stereocenters. The summed E-state index contributed by atoms with van der Waals surface area (Å²) in [5.74, 6) is -1.14. The standard InChI is InChI=1S/C10H15ClF3NO/c11-6-5-9(16)15-8-3-1-7(2-4-8)10(12,13)14/h7-8H,1-6H2,(H,15,16). The summed E-state index contributed by atoms with van der Waals surface area (Å²) < 4.78 is 37.0. The Balaban J connectivity index is 2.30. The molecular formula is C10H15ClF3NO. The van der Waals surface area contributed by atoms with Crippen molar-refractivity contribution in [1.29, 1.82) is 0 Å². The molecule has 0 atom stereocenters. The van der Waals surface area contributed by atoms with Crippen molar-refractivity contribution in [2.75, 3.05) is 5.88 Å². The highest BCUT2D eigenvalue weighted by Gasteiger charge is 2.41. The number of halogens is 4. The summed E-state index contributed by atoms with van der Waals surface area (Å²) in [6, 6.07) is -0.116. The third kappa shape index (κ3) is 4.20.